The molecule has 2 aromatic heterocycles. The Kier molecular flexibility index (Phi) is 4.49. The Hall–Kier alpha value is -4.34. The van der Waals surface area contributed by atoms with Crippen molar-refractivity contribution in [2.24, 2.45) is 0 Å². The number of hydrogen-bond acceptors (Lipinski definition) is 7. The van der Waals surface area contributed by atoms with E-state index in [9.17, 15) is 4.79 Å². The number of aromatic amines is 1. The van der Waals surface area contributed by atoms with Crippen LogP contribution in [0.5, 0.6) is 11.5 Å². The number of carbonyl (C=O) groups is 1. The Morgan fingerprint density at radius 2 is 2.00 bits per heavy atom. The number of rotatable bonds is 3. The van der Waals surface area contributed by atoms with Crippen molar-refractivity contribution < 1.29 is 18.8 Å². The number of amides is 2. The number of fused-ring (bicyclic) bond motifs is 2. The van der Waals surface area contributed by atoms with Crippen molar-refractivity contribution >= 4 is 11.7 Å². The minimum Gasteiger partial charge on any atom is -0.454 e. The SMILES string of the molecule is Cc1ccc(NC(=O)N2Cc3[nH]cnc3CC2c2nc(-c3ccc4c(c3)OCO4)no2)cc1. The third-order valence-corrected chi connectivity index (χ3v) is 5.82. The molecule has 0 aliphatic carbocycles. The predicted octanol–water partition coefficient (Wildman–Crippen LogP) is 3.83. The van der Waals surface area contributed by atoms with Crippen LogP contribution in [0, 0.1) is 6.92 Å². The van der Waals surface area contributed by atoms with Gasteiger partial charge >= 0.3 is 6.03 Å². The number of imidazole rings is 1. The van der Waals surface area contributed by atoms with Crippen LogP contribution in [-0.2, 0) is 13.0 Å². The van der Waals surface area contributed by atoms with Crippen LogP contribution in [0.3, 0.4) is 0 Å². The van der Waals surface area contributed by atoms with Gasteiger partial charge in [0.1, 0.15) is 6.04 Å². The molecule has 1 atom stereocenters. The van der Waals surface area contributed by atoms with Gasteiger partial charge in [0.15, 0.2) is 11.5 Å². The van der Waals surface area contributed by atoms with Crippen molar-refractivity contribution in [2.45, 2.75) is 25.9 Å². The van der Waals surface area contributed by atoms with E-state index in [2.05, 4.69) is 25.4 Å². The molecule has 0 saturated carbocycles. The highest BCUT2D eigenvalue weighted by molar-refractivity contribution is 5.89. The molecule has 6 rings (SSSR count). The maximum atomic E-state index is 13.2. The molecule has 0 fully saturated rings. The molecule has 2 aliphatic heterocycles. The van der Waals surface area contributed by atoms with E-state index in [1.54, 1.807) is 11.2 Å². The third-order valence-electron chi connectivity index (χ3n) is 5.82. The van der Waals surface area contributed by atoms with Gasteiger partial charge < -0.3 is 29.2 Å². The van der Waals surface area contributed by atoms with E-state index in [1.807, 2.05) is 49.4 Å². The molecule has 2 N–H and O–H groups in total. The molecule has 4 aromatic rings. The lowest BCUT2D eigenvalue weighted by Gasteiger charge is -2.32. The van der Waals surface area contributed by atoms with Crippen molar-refractivity contribution in [2.75, 3.05) is 12.1 Å². The molecule has 0 radical (unpaired) electrons. The van der Waals surface area contributed by atoms with Crippen LogP contribution in [0.2, 0.25) is 0 Å². The number of hydrogen-bond donors (Lipinski definition) is 2. The van der Waals surface area contributed by atoms with E-state index in [0.717, 1.165) is 22.5 Å². The summed E-state index contributed by atoms with van der Waals surface area (Å²) < 4.78 is 16.4. The second-order valence-corrected chi connectivity index (χ2v) is 8.00. The number of urea groups is 1. The first-order valence-corrected chi connectivity index (χ1v) is 10.5. The van der Waals surface area contributed by atoms with Gasteiger partial charge in [0.2, 0.25) is 18.5 Å². The smallest absolute Gasteiger partial charge is 0.322 e. The molecular formula is C23H20N6O4. The number of anilines is 1. The average molecular weight is 444 g/mol. The molecule has 4 heterocycles. The van der Waals surface area contributed by atoms with Crippen molar-refractivity contribution in [3.8, 4) is 22.9 Å². The Bertz CT molecular complexity index is 1330. The molecule has 2 aliphatic rings. The highest BCUT2D eigenvalue weighted by atomic mass is 16.7. The molecule has 2 aromatic carbocycles. The van der Waals surface area contributed by atoms with Crippen molar-refractivity contribution in [3.63, 3.8) is 0 Å². The molecule has 166 valence electrons. The van der Waals surface area contributed by atoms with Gasteiger partial charge in [-0.1, -0.05) is 22.9 Å². The van der Waals surface area contributed by atoms with Crippen LogP contribution >= 0.6 is 0 Å². The summed E-state index contributed by atoms with van der Waals surface area (Å²) in [6, 6.07) is 12.4. The number of H-pyrrole nitrogens is 1. The van der Waals surface area contributed by atoms with E-state index in [1.165, 1.54) is 0 Å². The molecule has 33 heavy (non-hydrogen) atoms. The van der Waals surface area contributed by atoms with Crippen LogP contribution in [0.4, 0.5) is 10.5 Å². The molecule has 0 saturated heterocycles. The number of aromatic nitrogens is 4. The zero-order chi connectivity index (χ0) is 22.4. The first-order valence-electron chi connectivity index (χ1n) is 10.5. The van der Waals surface area contributed by atoms with Crippen LogP contribution in [0.1, 0.15) is 28.9 Å². The molecule has 2 amide bonds. The van der Waals surface area contributed by atoms with Crippen molar-refractivity contribution in [1.29, 1.82) is 0 Å². The van der Waals surface area contributed by atoms with Gasteiger partial charge in [-0.25, -0.2) is 9.78 Å². The molecule has 10 heteroatoms. The summed E-state index contributed by atoms with van der Waals surface area (Å²) in [7, 11) is 0. The second kappa shape index (κ2) is 7.66. The number of carbonyl (C=O) groups excluding carboxylic acids is 1. The highest BCUT2D eigenvalue weighted by Gasteiger charge is 2.36. The number of nitrogens with zero attached hydrogens (tertiary/aromatic N) is 4. The largest absolute Gasteiger partial charge is 0.454 e. The Balaban J connectivity index is 1.30. The molecular weight excluding hydrogens is 424 g/mol. The van der Waals surface area contributed by atoms with Crippen LogP contribution in [0.25, 0.3) is 11.4 Å². The lowest BCUT2D eigenvalue weighted by molar-refractivity contribution is 0.155. The zero-order valence-corrected chi connectivity index (χ0v) is 17.7. The molecule has 0 spiro atoms. The quantitative estimate of drug-likeness (QED) is 0.493. The van der Waals surface area contributed by atoms with Gasteiger partial charge in [-0.15, -0.1) is 0 Å². The zero-order valence-electron chi connectivity index (χ0n) is 17.7. The van der Waals surface area contributed by atoms with E-state index in [-0.39, 0.29) is 12.8 Å². The third kappa shape index (κ3) is 3.55. The molecule has 0 bridgehead atoms. The van der Waals surface area contributed by atoms with Gasteiger partial charge in [0, 0.05) is 17.7 Å². The van der Waals surface area contributed by atoms with E-state index >= 15 is 0 Å². The van der Waals surface area contributed by atoms with E-state index < -0.39 is 6.04 Å². The number of benzene rings is 2. The fourth-order valence-corrected chi connectivity index (χ4v) is 4.03. The van der Waals surface area contributed by atoms with Crippen LogP contribution < -0.4 is 14.8 Å². The maximum absolute atomic E-state index is 13.2. The van der Waals surface area contributed by atoms with E-state index in [0.29, 0.717) is 41.9 Å². The van der Waals surface area contributed by atoms with Gasteiger partial charge in [0.25, 0.3) is 0 Å². The summed E-state index contributed by atoms with van der Waals surface area (Å²) in [5.74, 6) is 2.07. The summed E-state index contributed by atoms with van der Waals surface area (Å²) in [5, 5.41) is 7.11. The first-order chi connectivity index (χ1) is 16.1. The normalized spacial score (nSPS) is 16.5. The second-order valence-electron chi connectivity index (χ2n) is 8.00. The molecule has 10 nitrogen and oxygen atoms in total. The van der Waals surface area contributed by atoms with Gasteiger partial charge in [-0.3, -0.25) is 0 Å². The van der Waals surface area contributed by atoms with Gasteiger partial charge in [-0.05, 0) is 37.3 Å². The van der Waals surface area contributed by atoms with Gasteiger partial charge in [0.05, 0.1) is 24.3 Å². The topological polar surface area (TPSA) is 118 Å². The summed E-state index contributed by atoms with van der Waals surface area (Å²) in [6.45, 7) is 2.54. The summed E-state index contributed by atoms with van der Waals surface area (Å²) in [4.78, 5) is 27.0. The van der Waals surface area contributed by atoms with Gasteiger partial charge in [-0.2, -0.15) is 4.98 Å². The molecule has 1 unspecified atom stereocenters. The standard InChI is InChI=1S/C23H20N6O4/c1-13-2-5-15(6-3-13)26-23(30)29-10-17-16(24-11-25-17)9-18(29)22-27-21(28-33-22)14-4-7-19-20(8-14)32-12-31-19/h2-8,11,18H,9-10,12H2,1H3,(H,24,25)(H,26,30). The minimum atomic E-state index is -0.457. The highest BCUT2D eigenvalue weighted by Crippen LogP contribution is 2.36. The lowest BCUT2D eigenvalue weighted by Crippen LogP contribution is -2.41. The fourth-order valence-electron chi connectivity index (χ4n) is 4.03. The average Bonchev–Trinajstić information content (AvgIpc) is 3.58. The minimum absolute atomic E-state index is 0.190. The summed E-state index contributed by atoms with van der Waals surface area (Å²) in [5.41, 5.74) is 4.34. The number of nitrogens with one attached hydrogen (secondary N) is 2. The number of aryl methyl sites for hydroxylation is 1. The maximum Gasteiger partial charge on any atom is 0.322 e. The fraction of sp³-hybridized carbons (Fsp3) is 0.217. The van der Waals surface area contributed by atoms with Crippen LogP contribution in [0.15, 0.2) is 53.3 Å². The Morgan fingerprint density at radius 3 is 2.88 bits per heavy atom. The lowest BCUT2D eigenvalue weighted by atomic mass is 10.0. The summed E-state index contributed by atoms with van der Waals surface area (Å²) >= 11 is 0. The van der Waals surface area contributed by atoms with Crippen molar-refractivity contribution in [1.82, 2.24) is 25.0 Å². The van der Waals surface area contributed by atoms with Crippen LogP contribution in [-0.4, -0.2) is 37.8 Å². The van der Waals surface area contributed by atoms with E-state index in [4.69, 9.17) is 14.0 Å². The van der Waals surface area contributed by atoms with Crippen molar-refractivity contribution in [3.05, 3.63) is 71.6 Å². The first kappa shape index (κ1) is 19.4. The Labute approximate surface area is 188 Å². The predicted molar refractivity (Wildman–Crippen MR) is 117 cm³/mol. The monoisotopic (exact) mass is 444 g/mol. The number of ether oxygens (including phenoxy) is 2. The summed E-state index contributed by atoms with van der Waals surface area (Å²) in [6.07, 6.45) is 2.10. The Morgan fingerprint density at radius 1 is 1.15 bits per heavy atom.